The van der Waals surface area contributed by atoms with Gasteiger partial charge in [-0.3, -0.25) is 4.79 Å². The number of nitrogens with one attached hydrogen (secondary N) is 1. The number of rotatable bonds is 5. The van der Waals surface area contributed by atoms with Crippen LogP contribution < -0.4 is 5.32 Å². The van der Waals surface area contributed by atoms with Gasteiger partial charge in [-0.2, -0.15) is 0 Å². The van der Waals surface area contributed by atoms with E-state index >= 15 is 0 Å². The second-order valence-electron chi connectivity index (χ2n) is 5.25. The number of methoxy groups -OCH3 is 1. The molecule has 0 fully saturated rings. The van der Waals surface area contributed by atoms with Gasteiger partial charge in [0, 0.05) is 12.5 Å². The van der Waals surface area contributed by atoms with Crippen molar-refractivity contribution in [2.75, 3.05) is 13.7 Å². The summed E-state index contributed by atoms with van der Waals surface area (Å²) in [6.07, 6.45) is 1.11. The standard InChI is InChI=1S/C15H21NO2/c1-10(2)14(15(17)18-3)16-9-12-8-11-6-4-5-7-13(11)12/h4-7,10,12,14,16H,8-9H2,1-3H3. The van der Waals surface area contributed by atoms with E-state index in [1.165, 1.54) is 18.2 Å². The van der Waals surface area contributed by atoms with Crippen molar-refractivity contribution in [3.63, 3.8) is 0 Å². The van der Waals surface area contributed by atoms with Crippen molar-refractivity contribution in [1.82, 2.24) is 5.32 Å². The Labute approximate surface area is 109 Å². The van der Waals surface area contributed by atoms with Gasteiger partial charge in [0.15, 0.2) is 0 Å². The zero-order valence-electron chi connectivity index (χ0n) is 11.3. The topological polar surface area (TPSA) is 38.3 Å². The molecule has 3 nitrogen and oxygen atoms in total. The number of benzene rings is 1. The molecule has 2 rings (SSSR count). The van der Waals surface area contributed by atoms with E-state index in [1.807, 2.05) is 13.8 Å². The summed E-state index contributed by atoms with van der Waals surface area (Å²) in [5.74, 6) is 0.609. The SMILES string of the molecule is COC(=O)C(NCC1Cc2ccccc21)C(C)C. The summed E-state index contributed by atoms with van der Waals surface area (Å²) in [5, 5.41) is 3.34. The van der Waals surface area contributed by atoms with Gasteiger partial charge in [0.25, 0.3) is 0 Å². The summed E-state index contributed by atoms with van der Waals surface area (Å²) < 4.78 is 4.83. The van der Waals surface area contributed by atoms with Gasteiger partial charge in [-0.15, -0.1) is 0 Å². The Morgan fingerprint density at radius 3 is 2.78 bits per heavy atom. The Kier molecular flexibility index (Phi) is 4.02. The Bertz CT molecular complexity index is 428. The molecule has 0 saturated carbocycles. The van der Waals surface area contributed by atoms with Crippen LogP contribution in [0.25, 0.3) is 0 Å². The van der Waals surface area contributed by atoms with Crippen molar-refractivity contribution < 1.29 is 9.53 Å². The fourth-order valence-electron chi connectivity index (χ4n) is 2.53. The monoisotopic (exact) mass is 247 g/mol. The van der Waals surface area contributed by atoms with E-state index in [1.54, 1.807) is 0 Å². The number of fused-ring (bicyclic) bond motifs is 1. The Balaban J connectivity index is 1.91. The van der Waals surface area contributed by atoms with E-state index in [0.717, 1.165) is 13.0 Å². The van der Waals surface area contributed by atoms with Gasteiger partial charge in [0.1, 0.15) is 6.04 Å². The molecule has 0 aromatic heterocycles. The molecule has 2 atom stereocenters. The number of carbonyl (C=O) groups is 1. The van der Waals surface area contributed by atoms with Crippen LogP contribution in [0, 0.1) is 5.92 Å². The van der Waals surface area contributed by atoms with Crippen molar-refractivity contribution >= 4 is 5.97 Å². The minimum Gasteiger partial charge on any atom is -0.468 e. The van der Waals surface area contributed by atoms with Crippen LogP contribution >= 0.6 is 0 Å². The van der Waals surface area contributed by atoms with Gasteiger partial charge >= 0.3 is 5.97 Å². The van der Waals surface area contributed by atoms with Crippen LogP contribution in [-0.2, 0) is 16.0 Å². The van der Waals surface area contributed by atoms with Crippen LogP contribution in [0.4, 0.5) is 0 Å². The van der Waals surface area contributed by atoms with Gasteiger partial charge in [0.05, 0.1) is 7.11 Å². The average Bonchev–Trinajstić information content (AvgIpc) is 2.33. The first-order valence-electron chi connectivity index (χ1n) is 6.52. The molecule has 98 valence electrons. The fraction of sp³-hybridized carbons (Fsp3) is 0.533. The van der Waals surface area contributed by atoms with Crippen LogP contribution in [0.1, 0.15) is 30.9 Å². The van der Waals surface area contributed by atoms with Crippen LogP contribution in [0.2, 0.25) is 0 Å². The maximum absolute atomic E-state index is 11.6. The zero-order chi connectivity index (χ0) is 13.1. The summed E-state index contributed by atoms with van der Waals surface area (Å²) in [4.78, 5) is 11.6. The number of hydrogen-bond acceptors (Lipinski definition) is 3. The van der Waals surface area contributed by atoms with Crippen LogP contribution in [0.3, 0.4) is 0 Å². The van der Waals surface area contributed by atoms with E-state index in [2.05, 4.69) is 29.6 Å². The Hall–Kier alpha value is -1.35. The molecular weight excluding hydrogens is 226 g/mol. The molecule has 0 heterocycles. The predicted molar refractivity (Wildman–Crippen MR) is 71.5 cm³/mol. The second kappa shape index (κ2) is 5.53. The Morgan fingerprint density at radius 1 is 1.44 bits per heavy atom. The molecule has 1 aliphatic rings. The number of hydrogen-bond donors (Lipinski definition) is 1. The highest BCUT2D eigenvalue weighted by Crippen LogP contribution is 2.34. The third-order valence-corrected chi connectivity index (χ3v) is 3.67. The molecule has 0 aliphatic heterocycles. The van der Waals surface area contributed by atoms with Gasteiger partial charge < -0.3 is 10.1 Å². The number of esters is 1. The minimum absolute atomic E-state index is 0.169. The number of ether oxygens (including phenoxy) is 1. The maximum Gasteiger partial charge on any atom is 0.323 e. The van der Waals surface area contributed by atoms with Crippen LogP contribution in [0.5, 0.6) is 0 Å². The van der Waals surface area contributed by atoms with Gasteiger partial charge in [-0.25, -0.2) is 0 Å². The van der Waals surface area contributed by atoms with Gasteiger partial charge in [-0.05, 0) is 23.5 Å². The number of carbonyl (C=O) groups excluding carboxylic acids is 1. The van der Waals surface area contributed by atoms with Gasteiger partial charge in [0.2, 0.25) is 0 Å². The first-order valence-corrected chi connectivity index (χ1v) is 6.52. The summed E-state index contributed by atoms with van der Waals surface area (Å²) in [6.45, 7) is 4.90. The lowest BCUT2D eigenvalue weighted by Gasteiger charge is -2.32. The molecule has 1 N–H and O–H groups in total. The van der Waals surface area contributed by atoms with Gasteiger partial charge in [-0.1, -0.05) is 38.1 Å². The molecule has 0 bridgehead atoms. The molecule has 2 unspecified atom stereocenters. The summed E-state index contributed by atoms with van der Waals surface area (Å²) in [5.41, 5.74) is 2.85. The molecule has 18 heavy (non-hydrogen) atoms. The van der Waals surface area contributed by atoms with Crippen molar-refractivity contribution in [1.29, 1.82) is 0 Å². The van der Waals surface area contributed by atoms with E-state index in [9.17, 15) is 4.79 Å². The maximum atomic E-state index is 11.6. The summed E-state index contributed by atoms with van der Waals surface area (Å²) >= 11 is 0. The zero-order valence-corrected chi connectivity index (χ0v) is 11.3. The molecule has 0 spiro atoms. The highest BCUT2D eigenvalue weighted by Gasteiger charge is 2.28. The van der Waals surface area contributed by atoms with Crippen molar-refractivity contribution in [2.24, 2.45) is 5.92 Å². The van der Waals surface area contributed by atoms with Crippen LogP contribution in [0.15, 0.2) is 24.3 Å². The van der Waals surface area contributed by atoms with E-state index in [0.29, 0.717) is 5.92 Å². The van der Waals surface area contributed by atoms with E-state index in [4.69, 9.17) is 4.74 Å². The molecule has 0 radical (unpaired) electrons. The highest BCUT2D eigenvalue weighted by molar-refractivity contribution is 5.75. The van der Waals surface area contributed by atoms with Crippen molar-refractivity contribution in [3.05, 3.63) is 35.4 Å². The normalized spacial score (nSPS) is 19.0. The lowest BCUT2D eigenvalue weighted by Crippen LogP contribution is -2.44. The third-order valence-electron chi connectivity index (χ3n) is 3.67. The predicted octanol–water partition coefficient (Wildman–Crippen LogP) is 2.11. The molecule has 1 aliphatic carbocycles. The summed E-state index contributed by atoms with van der Waals surface area (Å²) in [7, 11) is 1.44. The molecular formula is C15H21NO2. The second-order valence-corrected chi connectivity index (χ2v) is 5.25. The molecule has 1 aromatic carbocycles. The largest absolute Gasteiger partial charge is 0.468 e. The molecule has 0 amide bonds. The minimum atomic E-state index is -0.206. The van der Waals surface area contributed by atoms with Crippen LogP contribution in [-0.4, -0.2) is 25.7 Å². The fourth-order valence-corrected chi connectivity index (χ4v) is 2.53. The highest BCUT2D eigenvalue weighted by atomic mass is 16.5. The van der Waals surface area contributed by atoms with E-state index in [-0.39, 0.29) is 17.9 Å². The third kappa shape index (κ3) is 2.56. The van der Waals surface area contributed by atoms with Crippen molar-refractivity contribution in [2.45, 2.75) is 32.2 Å². The lowest BCUT2D eigenvalue weighted by atomic mass is 9.77. The first-order chi connectivity index (χ1) is 8.63. The van der Waals surface area contributed by atoms with E-state index < -0.39 is 0 Å². The molecule has 0 saturated heterocycles. The molecule has 3 heteroatoms. The van der Waals surface area contributed by atoms with Crippen molar-refractivity contribution in [3.8, 4) is 0 Å². The Morgan fingerprint density at radius 2 is 2.17 bits per heavy atom. The average molecular weight is 247 g/mol. The smallest absolute Gasteiger partial charge is 0.323 e. The molecule has 1 aromatic rings. The quantitative estimate of drug-likeness (QED) is 0.810. The summed E-state index contributed by atoms with van der Waals surface area (Å²) in [6, 6.07) is 8.29. The first kappa shape index (κ1) is 13.1. The lowest BCUT2D eigenvalue weighted by molar-refractivity contribution is -0.144.